The van der Waals surface area contributed by atoms with E-state index in [2.05, 4.69) is 17.2 Å². The Morgan fingerprint density at radius 2 is 1.96 bits per heavy atom. The summed E-state index contributed by atoms with van der Waals surface area (Å²) in [6.45, 7) is 0.836. The number of benzene rings is 1. The van der Waals surface area contributed by atoms with Crippen LogP contribution in [0.3, 0.4) is 0 Å². The Kier molecular flexibility index (Phi) is 9.20. The zero-order valence-corrected chi connectivity index (χ0v) is 14.0. The van der Waals surface area contributed by atoms with E-state index in [0.717, 1.165) is 11.1 Å². The summed E-state index contributed by atoms with van der Waals surface area (Å²) in [6.07, 6.45) is 1.75. The molecule has 2 amide bonds. The molecule has 130 valence electrons. The van der Waals surface area contributed by atoms with E-state index in [9.17, 15) is 9.59 Å². The molecule has 0 spiro atoms. The standard InChI is InChI=1S/C18H25N3O3/c1-21-18(23)5-3-2-4-14-6-8-15(9-7-14)12-24-13-16(19)10-11-17(20)22/h6-9,16H,3,5,10-13,19H2,1H3,(H2,20,22)(H,21,23)/t16-/m0/s1. The van der Waals surface area contributed by atoms with Crippen LogP contribution in [0.15, 0.2) is 24.3 Å². The van der Waals surface area contributed by atoms with Crippen molar-refractivity contribution in [1.82, 2.24) is 5.32 Å². The minimum atomic E-state index is -0.350. The van der Waals surface area contributed by atoms with Crippen LogP contribution in [0.5, 0.6) is 0 Å². The first-order valence-electron chi connectivity index (χ1n) is 7.91. The van der Waals surface area contributed by atoms with Gasteiger partial charge in [-0.1, -0.05) is 24.0 Å². The third kappa shape index (κ3) is 8.93. The smallest absolute Gasteiger partial charge is 0.220 e. The summed E-state index contributed by atoms with van der Waals surface area (Å²) in [5.74, 6) is 5.63. The first-order chi connectivity index (χ1) is 11.5. The number of nitrogens with two attached hydrogens (primary N) is 2. The maximum Gasteiger partial charge on any atom is 0.220 e. The fourth-order valence-electron chi connectivity index (χ4n) is 1.89. The fraction of sp³-hybridized carbons (Fsp3) is 0.444. The quantitative estimate of drug-likeness (QED) is 0.578. The Bertz CT molecular complexity index is 588. The van der Waals surface area contributed by atoms with Gasteiger partial charge in [0.15, 0.2) is 0 Å². The molecule has 6 nitrogen and oxygen atoms in total. The van der Waals surface area contributed by atoms with Crippen molar-refractivity contribution in [3.05, 3.63) is 35.4 Å². The largest absolute Gasteiger partial charge is 0.375 e. The zero-order chi connectivity index (χ0) is 17.8. The topological polar surface area (TPSA) is 107 Å². The van der Waals surface area contributed by atoms with Gasteiger partial charge < -0.3 is 21.5 Å². The fourth-order valence-corrected chi connectivity index (χ4v) is 1.89. The van der Waals surface area contributed by atoms with Crippen molar-refractivity contribution >= 4 is 11.8 Å². The van der Waals surface area contributed by atoms with Crippen LogP contribution in [0.25, 0.3) is 0 Å². The van der Waals surface area contributed by atoms with Gasteiger partial charge in [-0.3, -0.25) is 9.59 Å². The maximum atomic E-state index is 11.1. The van der Waals surface area contributed by atoms with E-state index >= 15 is 0 Å². The molecule has 1 rings (SSSR count). The molecular formula is C18H25N3O3. The molecule has 0 heterocycles. The second kappa shape index (κ2) is 11.2. The van der Waals surface area contributed by atoms with Crippen molar-refractivity contribution in [2.24, 2.45) is 11.5 Å². The molecule has 0 radical (unpaired) electrons. The lowest BCUT2D eigenvalue weighted by molar-refractivity contribution is -0.120. The molecule has 24 heavy (non-hydrogen) atoms. The van der Waals surface area contributed by atoms with Crippen molar-refractivity contribution in [3.8, 4) is 11.8 Å². The van der Waals surface area contributed by atoms with E-state index < -0.39 is 0 Å². The summed E-state index contributed by atoms with van der Waals surface area (Å²) in [6, 6.07) is 7.52. The van der Waals surface area contributed by atoms with E-state index in [4.69, 9.17) is 16.2 Å². The molecular weight excluding hydrogens is 306 g/mol. The summed E-state index contributed by atoms with van der Waals surface area (Å²) < 4.78 is 5.53. The summed E-state index contributed by atoms with van der Waals surface area (Å²) in [5.41, 5.74) is 12.8. The molecule has 0 aromatic heterocycles. The second-order valence-electron chi connectivity index (χ2n) is 5.45. The summed E-state index contributed by atoms with van der Waals surface area (Å²) in [5, 5.41) is 2.56. The molecule has 1 aromatic rings. The van der Waals surface area contributed by atoms with Crippen molar-refractivity contribution in [3.63, 3.8) is 0 Å². The van der Waals surface area contributed by atoms with Gasteiger partial charge in [0.25, 0.3) is 0 Å². The van der Waals surface area contributed by atoms with Gasteiger partial charge in [-0.15, -0.1) is 0 Å². The van der Waals surface area contributed by atoms with Crippen LogP contribution in [0.2, 0.25) is 0 Å². The number of hydrogen-bond acceptors (Lipinski definition) is 4. The molecule has 0 aliphatic rings. The van der Waals surface area contributed by atoms with Gasteiger partial charge in [-0.2, -0.15) is 0 Å². The van der Waals surface area contributed by atoms with Crippen molar-refractivity contribution < 1.29 is 14.3 Å². The Morgan fingerprint density at radius 1 is 1.25 bits per heavy atom. The van der Waals surface area contributed by atoms with E-state index in [0.29, 0.717) is 32.5 Å². The molecule has 0 fully saturated rings. The number of carbonyl (C=O) groups is 2. The SMILES string of the molecule is CNC(=O)CCC#Cc1ccc(COC[C@@H](N)CCC(N)=O)cc1. The van der Waals surface area contributed by atoms with E-state index in [1.807, 2.05) is 24.3 Å². The van der Waals surface area contributed by atoms with Crippen LogP contribution in [0.1, 0.15) is 36.8 Å². The average molecular weight is 331 g/mol. The summed E-state index contributed by atoms with van der Waals surface area (Å²) in [4.78, 5) is 21.7. The lowest BCUT2D eigenvalue weighted by atomic mass is 10.1. The monoisotopic (exact) mass is 331 g/mol. The highest BCUT2D eigenvalue weighted by Crippen LogP contribution is 2.06. The van der Waals surface area contributed by atoms with Crippen LogP contribution in [0.4, 0.5) is 0 Å². The molecule has 1 atom stereocenters. The third-order valence-electron chi connectivity index (χ3n) is 3.30. The Balaban J connectivity index is 2.30. The third-order valence-corrected chi connectivity index (χ3v) is 3.30. The lowest BCUT2D eigenvalue weighted by Gasteiger charge is -2.11. The molecule has 0 saturated heterocycles. The van der Waals surface area contributed by atoms with E-state index in [1.165, 1.54) is 0 Å². The highest BCUT2D eigenvalue weighted by atomic mass is 16.5. The number of carbonyl (C=O) groups excluding carboxylic acids is 2. The van der Waals surface area contributed by atoms with Gasteiger partial charge in [0.05, 0.1) is 13.2 Å². The minimum absolute atomic E-state index is 0.00849. The average Bonchev–Trinajstić information content (AvgIpc) is 2.58. The predicted molar refractivity (Wildman–Crippen MR) is 92.7 cm³/mol. The molecule has 5 N–H and O–H groups in total. The Hall–Kier alpha value is -2.36. The van der Waals surface area contributed by atoms with Crippen molar-refractivity contribution in [1.29, 1.82) is 0 Å². The maximum absolute atomic E-state index is 11.1. The highest BCUT2D eigenvalue weighted by molar-refractivity contribution is 5.75. The number of ether oxygens (including phenoxy) is 1. The molecule has 6 heteroatoms. The van der Waals surface area contributed by atoms with Crippen molar-refractivity contribution in [2.75, 3.05) is 13.7 Å². The van der Waals surface area contributed by atoms with E-state index in [-0.39, 0.29) is 24.3 Å². The van der Waals surface area contributed by atoms with Crippen LogP contribution in [-0.4, -0.2) is 31.5 Å². The van der Waals surface area contributed by atoms with E-state index in [1.54, 1.807) is 7.05 Å². The van der Waals surface area contributed by atoms with Gasteiger partial charge in [-0.05, 0) is 24.1 Å². The Morgan fingerprint density at radius 3 is 2.58 bits per heavy atom. The van der Waals surface area contributed by atoms with Gasteiger partial charge in [0, 0.05) is 37.9 Å². The van der Waals surface area contributed by atoms with Crippen LogP contribution >= 0.6 is 0 Å². The summed E-state index contributed by atoms with van der Waals surface area (Å²) in [7, 11) is 1.61. The lowest BCUT2D eigenvalue weighted by Crippen LogP contribution is -2.28. The molecule has 0 aliphatic heterocycles. The normalized spacial score (nSPS) is 11.2. The number of nitrogens with one attached hydrogen (secondary N) is 1. The number of primary amides is 1. The van der Waals surface area contributed by atoms with Gasteiger partial charge >= 0.3 is 0 Å². The summed E-state index contributed by atoms with van der Waals surface area (Å²) >= 11 is 0. The van der Waals surface area contributed by atoms with Crippen LogP contribution < -0.4 is 16.8 Å². The highest BCUT2D eigenvalue weighted by Gasteiger charge is 2.05. The molecule has 1 aromatic carbocycles. The van der Waals surface area contributed by atoms with Gasteiger partial charge in [-0.25, -0.2) is 0 Å². The molecule has 0 aliphatic carbocycles. The van der Waals surface area contributed by atoms with Crippen LogP contribution in [-0.2, 0) is 20.9 Å². The number of hydrogen-bond donors (Lipinski definition) is 3. The molecule has 0 unspecified atom stereocenters. The number of amides is 2. The Labute approximate surface area is 142 Å². The van der Waals surface area contributed by atoms with Gasteiger partial charge in [0.1, 0.15) is 0 Å². The number of rotatable bonds is 9. The van der Waals surface area contributed by atoms with Gasteiger partial charge in [0.2, 0.25) is 11.8 Å². The molecule has 0 saturated carbocycles. The molecule has 0 bridgehead atoms. The predicted octanol–water partition coefficient (Wildman–Crippen LogP) is 0.674. The zero-order valence-electron chi connectivity index (χ0n) is 14.0. The van der Waals surface area contributed by atoms with Crippen molar-refractivity contribution in [2.45, 2.75) is 38.3 Å². The second-order valence-corrected chi connectivity index (χ2v) is 5.45. The first kappa shape index (κ1) is 19.7. The first-order valence-corrected chi connectivity index (χ1v) is 7.91. The van der Waals surface area contributed by atoms with Crippen LogP contribution in [0, 0.1) is 11.8 Å². The minimum Gasteiger partial charge on any atom is -0.375 e.